The fourth-order valence-electron chi connectivity index (χ4n) is 3.46. The molecule has 1 heterocycles. The van der Waals surface area contributed by atoms with Crippen molar-refractivity contribution in [3.63, 3.8) is 0 Å². The van der Waals surface area contributed by atoms with Gasteiger partial charge in [-0.2, -0.15) is 4.31 Å². The summed E-state index contributed by atoms with van der Waals surface area (Å²) in [5, 5.41) is 0. The van der Waals surface area contributed by atoms with Crippen molar-refractivity contribution < 1.29 is 21.6 Å². The highest BCUT2D eigenvalue weighted by Gasteiger charge is 2.30. The van der Waals surface area contributed by atoms with Crippen molar-refractivity contribution in [2.24, 2.45) is 0 Å². The molecule has 31 heavy (non-hydrogen) atoms. The summed E-state index contributed by atoms with van der Waals surface area (Å²) < 4.78 is 61.4. The van der Waals surface area contributed by atoms with E-state index in [-0.39, 0.29) is 26.6 Å². The Bertz CT molecular complexity index is 1130. The smallest absolute Gasteiger partial charge is 0.261 e. The fraction of sp³-hybridized carbons (Fsp3) is 0.455. The molecule has 0 atom stereocenters. The molecule has 0 spiro atoms. The summed E-state index contributed by atoms with van der Waals surface area (Å²) in [6.45, 7) is 9.12. The van der Waals surface area contributed by atoms with Crippen molar-refractivity contribution in [2.45, 2.75) is 55.7 Å². The van der Waals surface area contributed by atoms with Crippen LogP contribution in [-0.4, -0.2) is 40.8 Å². The molecule has 2 aromatic rings. The standard InChI is InChI=1S/C22H30N2O5S2/c1-5-29-20-13-10-18(16-21(20)31(27,28)24-14-6-7-15-24)23-30(25,26)19-11-8-17(9-12-19)22(2,3)4/h8-13,16,23H,5-7,14-15H2,1-4H3. The second-order valence-corrected chi connectivity index (χ2v) is 12.2. The van der Waals surface area contributed by atoms with E-state index in [2.05, 4.69) is 25.5 Å². The molecule has 0 amide bonds. The Morgan fingerprint density at radius 1 is 0.968 bits per heavy atom. The van der Waals surface area contributed by atoms with Gasteiger partial charge in [-0.1, -0.05) is 32.9 Å². The highest BCUT2D eigenvalue weighted by Crippen LogP contribution is 2.32. The van der Waals surface area contributed by atoms with Gasteiger partial charge < -0.3 is 4.74 Å². The molecular formula is C22H30N2O5S2. The van der Waals surface area contributed by atoms with Gasteiger partial charge in [0.2, 0.25) is 10.0 Å². The first-order valence-corrected chi connectivity index (χ1v) is 13.3. The van der Waals surface area contributed by atoms with Crippen LogP contribution in [0.3, 0.4) is 0 Å². The highest BCUT2D eigenvalue weighted by atomic mass is 32.2. The van der Waals surface area contributed by atoms with Crippen LogP contribution in [0.5, 0.6) is 5.75 Å². The normalized spacial score (nSPS) is 15.7. The van der Waals surface area contributed by atoms with Crippen LogP contribution in [-0.2, 0) is 25.5 Å². The van der Waals surface area contributed by atoms with Gasteiger partial charge in [-0.15, -0.1) is 0 Å². The Morgan fingerprint density at radius 2 is 1.58 bits per heavy atom. The summed E-state index contributed by atoms with van der Waals surface area (Å²) in [5.41, 5.74) is 1.09. The summed E-state index contributed by atoms with van der Waals surface area (Å²) in [7, 11) is -7.66. The molecule has 2 aromatic carbocycles. The predicted molar refractivity (Wildman–Crippen MR) is 122 cm³/mol. The zero-order valence-corrected chi connectivity index (χ0v) is 20.0. The molecule has 0 unspecified atom stereocenters. The second kappa shape index (κ2) is 8.80. The van der Waals surface area contributed by atoms with Crippen molar-refractivity contribution in [3.8, 4) is 5.75 Å². The Balaban J connectivity index is 1.94. The van der Waals surface area contributed by atoms with Crippen LogP contribution < -0.4 is 9.46 Å². The van der Waals surface area contributed by atoms with E-state index < -0.39 is 20.0 Å². The van der Waals surface area contributed by atoms with Crippen molar-refractivity contribution >= 4 is 25.7 Å². The maximum absolute atomic E-state index is 13.1. The molecule has 1 aliphatic heterocycles. The van der Waals surface area contributed by atoms with Crippen molar-refractivity contribution in [2.75, 3.05) is 24.4 Å². The summed E-state index contributed by atoms with van der Waals surface area (Å²) in [6.07, 6.45) is 1.61. The fourth-order valence-corrected chi connectivity index (χ4v) is 6.19. The lowest BCUT2D eigenvalue weighted by atomic mass is 9.87. The second-order valence-electron chi connectivity index (χ2n) is 8.59. The number of ether oxygens (including phenoxy) is 1. The topological polar surface area (TPSA) is 92.8 Å². The van der Waals surface area contributed by atoms with E-state index in [1.165, 1.54) is 22.5 Å². The number of sulfonamides is 2. The van der Waals surface area contributed by atoms with Crippen LogP contribution in [0.2, 0.25) is 0 Å². The van der Waals surface area contributed by atoms with Gasteiger partial charge in [0.05, 0.1) is 17.2 Å². The van der Waals surface area contributed by atoms with Gasteiger partial charge in [0.15, 0.2) is 0 Å². The number of nitrogens with zero attached hydrogens (tertiary/aromatic N) is 1. The SMILES string of the molecule is CCOc1ccc(NS(=O)(=O)c2ccc(C(C)(C)C)cc2)cc1S(=O)(=O)N1CCCC1. The van der Waals surface area contributed by atoms with Gasteiger partial charge >= 0.3 is 0 Å². The molecule has 0 aromatic heterocycles. The summed E-state index contributed by atoms with van der Waals surface area (Å²) in [4.78, 5) is 0.0814. The van der Waals surface area contributed by atoms with Crippen LogP contribution in [0.15, 0.2) is 52.3 Å². The average molecular weight is 467 g/mol. The van der Waals surface area contributed by atoms with Crippen LogP contribution in [0.25, 0.3) is 0 Å². The first-order chi connectivity index (χ1) is 14.4. The van der Waals surface area contributed by atoms with Gasteiger partial charge in [0, 0.05) is 13.1 Å². The van der Waals surface area contributed by atoms with Crippen molar-refractivity contribution in [3.05, 3.63) is 48.0 Å². The monoisotopic (exact) mass is 466 g/mol. The molecule has 3 rings (SSSR count). The third-order valence-electron chi connectivity index (χ3n) is 5.21. The molecule has 0 bridgehead atoms. The molecule has 170 valence electrons. The van der Waals surface area contributed by atoms with Crippen molar-refractivity contribution in [1.82, 2.24) is 4.31 Å². The first-order valence-electron chi connectivity index (χ1n) is 10.4. The van der Waals surface area contributed by atoms with E-state index in [0.29, 0.717) is 19.7 Å². The summed E-state index contributed by atoms with van der Waals surface area (Å²) >= 11 is 0. The number of rotatable bonds is 7. The zero-order chi connectivity index (χ0) is 22.9. The minimum atomic E-state index is -3.88. The Kier molecular flexibility index (Phi) is 6.69. The molecule has 0 saturated carbocycles. The van der Waals surface area contributed by atoms with Crippen LogP contribution in [0.4, 0.5) is 5.69 Å². The predicted octanol–water partition coefficient (Wildman–Crippen LogP) is 3.97. The van der Waals surface area contributed by atoms with Crippen LogP contribution in [0.1, 0.15) is 46.1 Å². The lowest BCUT2D eigenvalue weighted by Gasteiger charge is -2.20. The van der Waals surface area contributed by atoms with Gasteiger partial charge in [0.1, 0.15) is 10.6 Å². The van der Waals surface area contributed by atoms with Gasteiger partial charge in [-0.05, 0) is 61.1 Å². The van der Waals surface area contributed by atoms with Gasteiger partial charge in [0.25, 0.3) is 10.0 Å². The molecule has 1 N–H and O–H groups in total. The Hall–Kier alpha value is -2.10. The van der Waals surface area contributed by atoms with E-state index in [0.717, 1.165) is 18.4 Å². The first kappa shape index (κ1) is 23.6. The van der Waals surface area contributed by atoms with Gasteiger partial charge in [-0.3, -0.25) is 4.72 Å². The average Bonchev–Trinajstić information content (AvgIpc) is 3.24. The molecule has 9 heteroatoms. The number of anilines is 1. The molecule has 0 aliphatic carbocycles. The maximum Gasteiger partial charge on any atom is 0.261 e. The largest absolute Gasteiger partial charge is 0.492 e. The Labute approximate surface area is 185 Å². The zero-order valence-electron chi connectivity index (χ0n) is 18.4. The lowest BCUT2D eigenvalue weighted by molar-refractivity contribution is 0.330. The van der Waals surface area contributed by atoms with E-state index in [9.17, 15) is 16.8 Å². The molecule has 0 radical (unpaired) electrons. The molecule has 1 saturated heterocycles. The maximum atomic E-state index is 13.1. The lowest BCUT2D eigenvalue weighted by Crippen LogP contribution is -2.28. The van der Waals surface area contributed by atoms with Gasteiger partial charge in [-0.25, -0.2) is 16.8 Å². The van der Waals surface area contributed by atoms with E-state index in [1.807, 2.05) is 0 Å². The van der Waals surface area contributed by atoms with E-state index >= 15 is 0 Å². The highest BCUT2D eigenvalue weighted by molar-refractivity contribution is 7.92. The van der Waals surface area contributed by atoms with Crippen molar-refractivity contribution in [1.29, 1.82) is 0 Å². The number of nitrogens with one attached hydrogen (secondary N) is 1. The third-order valence-corrected chi connectivity index (χ3v) is 8.53. The molecule has 7 nitrogen and oxygen atoms in total. The molecule has 1 fully saturated rings. The minimum absolute atomic E-state index is 0.0282. The quantitative estimate of drug-likeness (QED) is 0.667. The molecule has 1 aliphatic rings. The number of hydrogen-bond donors (Lipinski definition) is 1. The van der Waals surface area contributed by atoms with E-state index in [1.54, 1.807) is 31.2 Å². The number of benzene rings is 2. The number of hydrogen-bond acceptors (Lipinski definition) is 5. The Morgan fingerprint density at radius 3 is 2.13 bits per heavy atom. The van der Waals surface area contributed by atoms with E-state index in [4.69, 9.17) is 4.74 Å². The van der Waals surface area contributed by atoms with Crippen LogP contribution >= 0.6 is 0 Å². The molecular weight excluding hydrogens is 436 g/mol. The van der Waals surface area contributed by atoms with Crippen LogP contribution in [0, 0.1) is 0 Å². The minimum Gasteiger partial charge on any atom is -0.492 e. The third kappa shape index (κ3) is 5.22. The summed E-state index contributed by atoms with van der Waals surface area (Å²) in [5.74, 6) is 0.215. The summed E-state index contributed by atoms with van der Waals surface area (Å²) in [6, 6.07) is 11.0.